The van der Waals surface area contributed by atoms with Crippen molar-refractivity contribution in [2.45, 2.75) is 51.5 Å². The Bertz CT molecular complexity index is 1140. The molecule has 1 aliphatic carbocycles. The number of carbonyl (C=O) groups is 1. The first kappa shape index (κ1) is 21.4. The highest BCUT2D eigenvalue weighted by atomic mass is 79.9. The van der Waals surface area contributed by atoms with Crippen molar-refractivity contribution in [3.8, 4) is 17.3 Å². The largest absolute Gasteiger partial charge is 0.496 e. The highest BCUT2D eigenvalue weighted by molar-refractivity contribution is 9.10. The molecular formula is C24H27BrN4O3. The maximum Gasteiger partial charge on any atom is 0.264 e. The fourth-order valence-electron chi connectivity index (χ4n) is 4.42. The fourth-order valence-corrected chi connectivity index (χ4v) is 4.96. The third kappa shape index (κ3) is 4.13. The second-order valence-electron chi connectivity index (χ2n) is 8.71. The molecule has 0 radical (unpaired) electrons. The molecule has 0 spiro atoms. The molecule has 7 nitrogen and oxygen atoms in total. The molecule has 1 N–H and O–H groups in total. The third-order valence-corrected chi connectivity index (χ3v) is 7.00. The monoisotopic (exact) mass is 498 g/mol. The molecule has 0 bridgehead atoms. The number of nitrogens with one attached hydrogen (secondary N) is 1. The van der Waals surface area contributed by atoms with E-state index in [2.05, 4.69) is 36.0 Å². The van der Waals surface area contributed by atoms with Crippen LogP contribution in [0.1, 0.15) is 71.1 Å². The van der Waals surface area contributed by atoms with Crippen LogP contribution in [-0.4, -0.2) is 46.1 Å². The van der Waals surface area contributed by atoms with Gasteiger partial charge in [0, 0.05) is 29.3 Å². The zero-order valence-corrected chi connectivity index (χ0v) is 20.0. The van der Waals surface area contributed by atoms with E-state index >= 15 is 0 Å². The lowest BCUT2D eigenvalue weighted by Crippen LogP contribution is -2.30. The van der Waals surface area contributed by atoms with Gasteiger partial charge in [0.25, 0.3) is 5.89 Å². The van der Waals surface area contributed by atoms with E-state index in [1.807, 2.05) is 19.1 Å². The van der Waals surface area contributed by atoms with Gasteiger partial charge in [-0.05, 0) is 85.4 Å². The van der Waals surface area contributed by atoms with E-state index in [-0.39, 0.29) is 5.78 Å². The van der Waals surface area contributed by atoms with Crippen LogP contribution in [-0.2, 0) is 6.54 Å². The van der Waals surface area contributed by atoms with E-state index in [4.69, 9.17) is 9.15 Å². The van der Waals surface area contributed by atoms with Crippen molar-refractivity contribution < 1.29 is 13.9 Å². The number of hydrogen-bond acceptors (Lipinski definition) is 6. The van der Waals surface area contributed by atoms with Crippen LogP contribution in [0.4, 0.5) is 0 Å². The van der Waals surface area contributed by atoms with Gasteiger partial charge in [0.2, 0.25) is 5.89 Å². The molecule has 2 aromatic heterocycles. The second-order valence-corrected chi connectivity index (χ2v) is 9.57. The molecule has 1 saturated carbocycles. The Balaban J connectivity index is 1.54. The van der Waals surface area contributed by atoms with Crippen LogP contribution in [0.3, 0.4) is 0 Å². The van der Waals surface area contributed by atoms with Gasteiger partial charge in [0.05, 0.1) is 11.6 Å². The average Bonchev–Trinajstić information content (AvgIpc) is 3.45. The Morgan fingerprint density at radius 1 is 1.25 bits per heavy atom. The number of piperidine rings is 1. The lowest BCUT2D eigenvalue weighted by atomic mass is 9.98. The summed E-state index contributed by atoms with van der Waals surface area (Å²) in [6.07, 6.45) is 5.84. The van der Waals surface area contributed by atoms with Gasteiger partial charge >= 0.3 is 0 Å². The summed E-state index contributed by atoms with van der Waals surface area (Å²) in [6.45, 7) is 4.74. The highest BCUT2D eigenvalue weighted by Crippen LogP contribution is 2.40. The van der Waals surface area contributed by atoms with Crippen molar-refractivity contribution in [1.29, 1.82) is 0 Å². The molecular weight excluding hydrogens is 472 g/mol. The van der Waals surface area contributed by atoms with Crippen LogP contribution >= 0.6 is 15.9 Å². The van der Waals surface area contributed by atoms with Crippen LogP contribution in [0.15, 0.2) is 27.1 Å². The number of ether oxygens (including phenoxy) is 1. The molecule has 5 rings (SSSR count). The van der Waals surface area contributed by atoms with Crippen molar-refractivity contribution >= 4 is 21.7 Å². The van der Waals surface area contributed by atoms with Crippen LogP contribution in [0.5, 0.6) is 5.75 Å². The maximum atomic E-state index is 13.7. The van der Waals surface area contributed by atoms with Crippen LogP contribution < -0.4 is 4.74 Å². The predicted molar refractivity (Wildman–Crippen MR) is 124 cm³/mol. The van der Waals surface area contributed by atoms with Gasteiger partial charge in [-0.1, -0.05) is 6.42 Å². The quantitative estimate of drug-likeness (QED) is 0.448. The second kappa shape index (κ2) is 8.83. The number of nitrogens with zero attached hydrogens (tertiary/aromatic N) is 3. The standard InChI is InChI=1S/C24H27BrN4O3/c1-14-20(22(30)16-8-9-19(31-2)17(25)12-16)18(13-29-10-4-3-5-11-29)26-21(14)24-28-27-23(32-24)15-6-7-15/h8-9,12,15,26H,3-7,10-11,13H2,1-2H3. The molecule has 1 aromatic carbocycles. The molecule has 2 fully saturated rings. The zero-order valence-electron chi connectivity index (χ0n) is 18.4. The number of rotatable bonds is 7. The molecule has 1 saturated heterocycles. The van der Waals surface area contributed by atoms with Crippen LogP contribution in [0, 0.1) is 6.92 Å². The van der Waals surface area contributed by atoms with Gasteiger partial charge in [-0.3, -0.25) is 9.69 Å². The van der Waals surface area contributed by atoms with Crippen molar-refractivity contribution in [1.82, 2.24) is 20.1 Å². The number of benzene rings is 1. The Kier molecular flexibility index (Phi) is 5.90. The predicted octanol–water partition coefficient (Wildman–Crippen LogP) is 5.24. The summed E-state index contributed by atoms with van der Waals surface area (Å²) in [4.78, 5) is 19.6. The number of ketones is 1. The van der Waals surface area contributed by atoms with Crippen LogP contribution in [0.2, 0.25) is 0 Å². The smallest absolute Gasteiger partial charge is 0.264 e. The highest BCUT2D eigenvalue weighted by Gasteiger charge is 2.31. The zero-order chi connectivity index (χ0) is 22.2. The number of likely N-dealkylation sites (tertiary alicyclic amines) is 1. The molecule has 168 valence electrons. The number of hydrogen-bond donors (Lipinski definition) is 1. The summed E-state index contributed by atoms with van der Waals surface area (Å²) in [5, 5.41) is 8.51. The summed E-state index contributed by atoms with van der Waals surface area (Å²) in [5.74, 6) is 2.21. The van der Waals surface area contributed by atoms with E-state index in [0.29, 0.717) is 41.1 Å². The van der Waals surface area contributed by atoms with E-state index in [9.17, 15) is 4.79 Å². The minimum absolute atomic E-state index is 0.0257. The molecule has 0 amide bonds. The molecule has 8 heteroatoms. The molecule has 3 aromatic rings. The van der Waals surface area contributed by atoms with Gasteiger partial charge in [-0.2, -0.15) is 0 Å². The summed E-state index contributed by atoms with van der Waals surface area (Å²) in [6, 6.07) is 5.43. The van der Waals surface area contributed by atoms with E-state index in [1.165, 1.54) is 19.3 Å². The van der Waals surface area contributed by atoms with Crippen LogP contribution in [0.25, 0.3) is 11.6 Å². The molecule has 0 unspecified atom stereocenters. The normalized spacial score (nSPS) is 17.0. The number of aromatic nitrogens is 3. The minimum atomic E-state index is -0.0257. The molecule has 0 atom stereocenters. The molecule has 3 heterocycles. The SMILES string of the molecule is COc1ccc(C(=O)c2c(CN3CCCCC3)[nH]c(-c3nnc(C4CC4)o3)c2C)cc1Br. The summed E-state index contributed by atoms with van der Waals surface area (Å²) >= 11 is 3.50. The van der Waals surface area contributed by atoms with E-state index < -0.39 is 0 Å². The summed E-state index contributed by atoms with van der Waals surface area (Å²) in [5.41, 5.74) is 3.79. The minimum Gasteiger partial charge on any atom is -0.496 e. The summed E-state index contributed by atoms with van der Waals surface area (Å²) in [7, 11) is 1.61. The number of halogens is 1. The molecule has 2 aliphatic rings. The van der Waals surface area contributed by atoms with Gasteiger partial charge in [-0.15, -0.1) is 10.2 Å². The van der Waals surface area contributed by atoms with E-state index in [0.717, 1.165) is 47.4 Å². The first-order chi connectivity index (χ1) is 15.5. The molecule has 1 aliphatic heterocycles. The number of H-pyrrole nitrogens is 1. The Morgan fingerprint density at radius 2 is 2.03 bits per heavy atom. The third-order valence-electron chi connectivity index (χ3n) is 6.38. The van der Waals surface area contributed by atoms with Gasteiger partial charge in [0.1, 0.15) is 11.4 Å². The fraction of sp³-hybridized carbons (Fsp3) is 0.458. The Labute approximate surface area is 195 Å². The van der Waals surface area contributed by atoms with Crippen molar-refractivity contribution in [2.24, 2.45) is 0 Å². The molecule has 32 heavy (non-hydrogen) atoms. The van der Waals surface area contributed by atoms with Gasteiger partial charge < -0.3 is 14.1 Å². The van der Waals surface area contributed by atoms with Crippen molar-refractivity contribution in [3.63, 3.8) is 0 Å². The first-order valence-electron chi connectivity index (χ1n) is 11.2. The number of methoxy groups -OCH3 is 1. The topological polar surface area (TPSA) is 84.2 Å². The Hall–Kier alpha value is -2.45. The van der Waals surface area contributed by atoms with E-state index in [1.54, 1.807) is 13.2 Å². The Morgan fingerprint density at radius 3 is 2.72 bits per heavy atom. The number of carbonyl (C=O) groups excluding carboxylic acids is 1. The average molecular weight is 499 g/mol. The lowest BCUT2D eigenvalue weighted by Gasteiger charge is -2.26. The first-order valence-corrected chi connectivity index (χ1v) is 12.0. The number of aromatic amines is 1. The van der Waals surface area contributed by atoms with Crippen molar-refractivity contribution in [2.75, 3.05) is 20.2 Å². The summed E-state index contributed by atoms with van der Waals surface area (Å²) < 4.78 is 12.0. The maximum absolute atomic E-state index is 13.7. The van der Waals surface area contributed by atoms with Gasteiger partial charge in [0.15, 0.2) is 5.78 Å². The van der Waals surface area contributed by atoms with Gasteiger partial charge in [-0.25, -0.2) is 0 Å². The lowest BCUT2D eigenvalue weighted by molar-refractivity contribution is 0.103. The van der Waals surface area contributed by atoms with Crippen molar-refractivity contribution in [3.05, 3.63) is 50.9 Å².